The summed E-state index contributed by atoms with van der Waals surface area (Å²) < 4.78 is 0. The second-order valence-electron chi connectivity index (χ2n) is 5.27. The first kappa shape index (κ1) is 11.6. The molecule has 2 aliphatic heterocycles. The van der Waals surface area contributed by atoms with Gasteiger partial charge in [-0.2, -0.15) is 0 Å². The molecule has 1 aliphatic carbocycles. The van der Waals surface area contributed by atoms with E-state index < -0.39 is 0 Å². The van der Waals surface area contributed by atoms with Crippen LogP contribution >= 0.6 is 0 Å². The van der Waals surface area contributed by atoms with Gasteiger partial charge in [-0.3, -0.25) is 4.79 Å². The van der Waals surface area contributed by atoms with Crippen LogP contribution in [0, 0.1) is 0 Å². The van der Waals surface area contributed by atoms with Crippen molar-refractivity contribution in [1.82, 2.24) is 20.7 Å². The molecule has 1 amide bonds. The van der Waals surface area contributed by atoms with E-state index in [2.05, 4.69) is 15.8 Å². The molecule has 0 aromatic rings. The normalized spacial score (nSPS) is 30.4. The Morgan fingerprint density at radius 1 is 1.39 bits per heavy atom. The van der Waals surface area contributed by atoms with Crippen LogP contribution in [-0.2, 0) is 4.79 Å². The van der Waals surface area contributed by atoms with Crippen LogP contribution in [0.5, 0.6) is 0 Å². The zero-order valence-corrected chi connectivity index (χ0v) is 10.7. The standard InChI is InChI=1S/C13H20N4O/c1-16(10-4-5-10)13(18)12-8-11-9-14-6-2-3-7-17(11)15-12/h2-3,6-7,10-12,14-15H,4-5,8-9H2,1H3. The topological polar surface area (TPSA) is 47.6 Å². The molecule has 2 heterocycles. The Hall–Kier alpha value is -1.49. The average Bonchev–Trinajstić information content (AvgIpc) is 3.12. The van der Waals surface area contributed by atoms with Crippen molar-refractivity contribution in [1.29, 1.82) is 0 Å². The Labute approximate surface area is 107 Å². The molecule has 0 aromatic heterocycles. The Morgan fingerprint density at radius 3 is 3.00 bits per heavy atom. The van der Waals surface area contributed by atoms with Gasteiger partial charge in [0.15, 0.2) is 0 Å². The highest BCUT2D eigenvalue weighted by molar-refractivity contribution is 5.82. The van der Waals surface area contributed by atoms with Crippen LogP contribution in [0.1, 0.15) is 19.3 Å². The molecule has 2 fully saturated rings. The summed E-state index contributed by atoms with van der Waals surface area (Å²) in [6.07, 6.45) is 11.1. The summed E-state index contributed by atoms with van der Waals surface area (Å²) in [5, 5.41) is 5.30. The first-order valence-electron chi connectivity index (χ1n) is 6.63. The molecule has 18 heavy (non-hydrogen) atoms. The monoisotopic (exact) mass is 248 g/mol. The second kappa shape index (κ2) is 4.65. The van der Waals surface area contributed by atoms with Gasteiger partial charge in [0.2, 0.25) is 5.91 Å². The molecular weight excluding hydrogens is 228 g/mol. The van der Waals surface area contributed by atoms with Crippen LogP contribution in [0.2, 0.25) is 0 Å². The minimum atomic E-state index is -0.0786. The highest BCUT2D eigenvalue weighted by Gasteiger charge is 2.39. The van der Waals surface area contributed by atoms with E-state index in [9.17, 15) is 4.79 Å². The Bertz CT molecular complexity index is 388. The largest absolute Gasteiger partial charge is 0.389 e. The van der Waals surface area contributed by atoms with E-state index in [0.717, 1.165) is 25.8 Å². The average molecular weight is 248 g/mol. The van der Waals surface area contributed by atoms with Crippen LogP contribution in [0.4, 0.5) is 0 Å². The number of carbonyl (C=O) groups is 1. The van der Waals surface area contributed by atoms with Gasteiger partial charge in [-0.15, -0.1) is 0 Å². The van der Waals surface area contributed by atoms with Crippen molar-refractivity contribution in [2.45, 2.75) is 37.4 Å². The molecule has 0 spiro atoms. The van der Waals surface area contributed by atoms with Crippen LogP contribution in [0.25, 0.3) is 0 Å². The van der Waals surface area contributed by atoms with Gasteiger partial charge in [-0.25, -0.2) is 5.43 Å². The summed E-state index contributed by atoms with van der Waals surface area (Å²) in [6, 6.07) is 0.746. The van der Waals surface area contributed by atoms with Crippen LogP contribution in [0.15, 0.2) is 24.6 Å². The zero-order valence-electron chi connectivity index (χ0n) is 10.7. The number of likely N-dealkylation sites (N-methyl/N-ethyl adjacent to an activating group) is 1. The first-order chi connectivity index (χ1) is 8.75. The number of rotatable bonds is 2. The fourth-order valence-electron chi connectivity index (χ4n) is 2.58. The lowest BCUT2D eigenvalue weighted by Gasteiger charge is -2.23. The van der Waals surface area contributed by atoms with Crippen molar-refractivity contribution in [2.24, 2.45) is 0 Å². The van der Waals surface area contributed by atoms with Gasteiger partial charge < -0.3 is 15.2 Å². The van der Waals surface area contributed by atoms with E-state index in [-0.39, 0.29) is 11.9 Å². The molecule has 98 valence electrons. The number of nitrogens with zero attached hydrogens (tertiary/aromatic N) is 2. The lowest BCUT2D eigenvalue weighted by Crippen LogP contribution is -2.45. The van der Waals surface area contributed by atoms with Crippen LogP contribution in [0.3, 0.4) is 0 Å². The van der Waals surface area contributed by atoms with Gasteiger partial charge in [-0.1, -0.05) is 0 Å². The van der Waals surface area contributed by atoms with E-state index in [1.165, 1.54) is 0 Å². The van der Waals surface area contributed by atoms with Crippen molar-refractivity contribution >= 4 is 5.91 Å². The molecule has 5 nitrogen and oxygen atoms in total. The van der Waals surface area contributed by atoms with E-state index in [0.29, 0.717) is 12.1 Å². The molecule has 0 aromatic carbocycles. The minimum Gasteiger partial charge on any atom is -0.389 e. The predicted molar refractivity (Wildman–Crippen MR) is 69.2 cm³/mol. The number of carbonyl (C=O) groups excluding carboxylic acids is 1. The van der Waals surface area contributed by atoms with E-state index in [1.807, 2.05) is 36.5 Å². The molecule has 5 heteroatoms. The second-order valence-corrected chi connectivity index (χ2v) is 5.27. The van der Waals surface area contributed by atoms with Crippen molar-refractivity contribution in [3.05, 3.63) is 24.6 Å². The maximum atomic E-state index is 12.3. The molecule has 2 atom stereocenters. The predicted octanol–water partition coefficient (Wildman–Crippen LogP) is 0.185. The van der Waals surface area contributed by atoms with Crippen LogP contribution < -0.4 is 10.7 Å². The molecule has 0 bridgehead atoms. The Morgan fingerprint density at radius 2 is 2.22 bits per heavy atom. The smallest absolute Gasteiger partial charge is 0.241 e. The summed E-state index contributed by atoms with van der Waals surface area (Å²) in [6.45, 7) is 0.866. The van der Waals surface area contributed by atoms with Gasteiger partial charge in [0, 0.05) is 25.8 Å². The molecule has 0 radical (unpaired) electrons. The SMILES string of the molecule is CN(C(=O)C1CC2CNC=CC=CN2N1)C1CC1. The van der Waals surface area contributed by atoms with E-state index >= 15 is 0 Å². The number of allylic oxidation sites excluding steroid dienone is 2. The van der Waals surface area contributed by atoms with Crippen LogP contribution in [-0.4, -0.2) is 47.5 Å². The van der Waals surface area contributed by atoms with E-state index in [1.54, 1.807) is 0 Å². The van der Waals surface area contributed by atoms with Gasteiger partial charge >= 0.3 is 0 Å². The molecular formula is C13H20N4O. The third kappa shape index (κ3) is 2.22. The van der Waals surface area contributed by atoms with Crippen molar-refractivity contribution in [3.8, 4) is 0 Å². The summed E-state index contributed by atoms with van der Waals surface area (Å²) in [5.41, 5.74) is 3.31. The quantitative estimate of drug-likeness (QED) is 0.732. The molecule has 3 rings (SSSR count). The third-order valence-corrected chi connectivity index (χ3v) is 3.87. The number of hydrazine groups is 1. The zero-order chi connectivity index (χ0) is 12.5. The van der Waals surface area contributed by atoms with Gasteiger partial charge in [0.25, 0.3) is 0 Å². The molecule has 1 saturated heterocycles. The molecule has 2 unspecified atom stereocenters. The molecule has 3 aliphatic rings. The lowest BCUT2D eigenvalue weighted by molar-refractivity contribution is -0.132. The fourth-order valence-corrected chi connectivity index (χ4v) is 2.58. The maximum Gasteiger partial charge on any atom is 0.241 e. The number of nitrogens with one attached hydrogen (secondary N) is 2. The maximum absolute atomic E-state index is 12.3. The van der Waals surface area contributed by atoms with Crippen molar-refractivity contribution < 1.29 is 4.79 Å². The van der Waals surface area contributed by atoms with Gasteiger partial charge in [0.1, 0.15) is 6.04 Å². The number of hydrogen-bond acceptors (Lipinski definition) is 4. The highest BCUT2D eigenvalue weighted by Crippen LogP contribution is 2.27. The Balaban J connectivity index is 1.64. The fraction of sp³-hybridized carbons (Fsp3) is 0.615. The lowest BCUT2D eigenvalue weighted by atomic mass is 10.1. The van der Waals surface area contributed by atoms with Crippen molar-refractivity contribution in [3.63, 3.8) is 0 Å². The summed E-state index contributed by atoms with van der Waals surface area (Å²) in [5.74, 6) is 0.227. The van der Waals surface area contributed by atoms with Gasteiger partial charge in [-0.05, 0) is 37.6 Å². The highest BCUT2D eigenvalue weighted by atomic mass is 16.2. The van der Waals surface area contributed by atoms with Crippen molar-refractivity contribution in [2.75, 3.05) is 13.6 Å². The summed E-state index contributed by atoms with van der Waals surface area (Å²) in [7, 11) is 1.92. The molecule has 2 N–H and O–H groups in total. The summed E-state index contributed by atoms with van der Waals surface area (Å²) >= 11 is 0. The summed E-state index contributed by atoms with van der Waals surface area (Å²) in [4.78, 5) is 14.2. The van der Waals surface area contributed by atoms with Gasteiger partial charge in [0.05, 0.1) is 6.04 Å². The Kier molecular flexibility index (Phi) is 2.99. The number of fused-ring (bicyclic) bond motifs is 1. The molecule has 1 saturated carbocycles. The minimum absolute atomic E-state index is 0.0786. The third-order valence-electron chi connectivity index (χ3n) is 3.87. The number of amides is 1. The first-order valence-corrected chi connectivity index (χ1v) is 6.63. The number of hydrogen-bond donors (Lipinski definition) is 2. The van der Waals surface area contributed by atoms with E-state index in [4.69, 9.17) is 0 Å².